The van der Waals surface area contributed by atoms with Crippen LogP contribution in [0.1, 0.15) is 16.7 Å². The second kappa shape index (κ2) is 4.74. The van der Waals surface area contributed by atoms with E-state index in [0.717, 1.165) is 31.0 Å². The molecule has 18 heavy (non-hydrogen) atoms. The third-order valence-corrected chi connectivity index (χ3v) is 3.25. The lowest BCUT2D eigenvalue weighted by Gasteiger charge is -2.14. The SMILES string of the molecule is NCCc1cnc(N2Cc3ccccc3C2)nc1. The van der Waals surface area contributed by atoms with Crippen LogP contribution in [0.15, 0.2) is 36.7 Å². The molecule has 92 valence electrons. The molecule has 3 rings (SSSR count). The lowest BCUT2D eigenvalue weighted by atomic mass is 10.1. The van der Waals surface area contributed by atoms with Crippen molar-refractivity contribution in [2.45, 2.75) is 19.5 Å². The van der Waals surface area contributed by atoms with E-state index in [1.807, 2.05) is 12.4 Å². The van der Waals surface area contributed by atoms with Gasteiger partial charge in [-0.1, -0.05) is 24.3 Å². The summed E-state index contributed by atoms with van der Waals surface area (Å²) in [5.41, 5.74) is 9.34. The van der Waals surface area contributed by atoms with E-state index in [-0.39, 0.29) is 0 Å². The molecule has 2 aromatic rings. The van der Waals surface area contributed by atoms with Crippen LogP contribution in [0.2, 0.25) is 0 Å². The van der Waals surface area contributed by atoms with Crippen LogP contribution in [0.3, 0.4) is 0 Å². The lowest BCUT2D eigenvalue weighted by molar-refractivity contribution is 0.820. The van der Waals surface area contributed by atoms with Gasteiger partial charge in [0.2, 0.25) is 5.95 Å². The minimum absolute atomic E-state index is 0.637. The van der Waals surface area contributed by atoms with Gasteiger partial charge in [-0.25, -0.2) is 9.97 Å². The Bertz CT molecular complexity index is 511. The van der Waals surface area contributed by atoms with E-state index in [1.165, 1.54) is 11.1 Å². The number of aromatic nitrogens is 2. The van der Waals surface area contributed by atoms with Gasteiger partial charge in [-0.15, -0.1) is 0 Å². The van der Waals surface area contributed by atoms with Crippen molar-refractivity contribution in [3.8, 4) is 0 Å². The number of nitrogens with two attached hydrogens (primary N) is 1. The average Bonchev–Trinajstić information content (AvgIpc) is 2.84. The first-order chi connectivity index (χ1) is 8.86. The van der Waals surface area contributed by atoms with Gasteiger partial charge in [0.05, 0.1) is 0 Å². The van der Waals surface area contributed by atoms with Crippen molar-refractivity contribution in [3.63, 3.8) is 0 Å². The van der Waals surface area contributed by atoms with E-state index < -0.39 is 0 Å². The van der Waals surface area contributed by atoms with E-state index in [4.69, 9.17) is 5.73 Å². The minimum Gasteiger partial charge on any atom is -0.332 e. The minimum atomic E-state index is 0.637. The van der Waals surface area contributed by atoms with Gasteiger partial charge in [-0.05, 0) is 29.7 Å². The van der Waals surface area contributed by atoms with Crippen LogP contribution in [0.4, 0.5) is 5.95 Å². The van der Waals surface area contributed by atoms with E-state index in [2.05, 4.69) is 39.1 Å². The molecule has 0 saturated heterocycles. The summed E-state index contributed by atoms with van der Waals surface area (Å²) in [6.45, 7) is 2.43. The molecule has 0 unspecified atom stereocenters. The van der Waals surface area contributed by atoms with Crippen LogP contribution in [0.5, 0.6) is 0 Å². The molecule has 1 aliphatic rings. The molecule has 0 saturated carbocycles. The quantitative estimate of drug-likeness (QED) is 0.883. The Kier molecular flexibility index (Phi) is 2.94. The van der Waals surface area contributed by atoms with Gasteiger partial charge >= 0.3 is 0 Å². The zero-order valence-electron chi connectivity index (χ0n) is 10.2. The van der Waals surface area contributed by atoms with Crippen molar-refractivity contribution < 1.29 is 0 Å². The fraction of sp³-hybridized carbons (Fsp3) is 0.286. The summed E-state index contributed by atoms with van der Waals surface area (Å²) in [5, 5.41) is 0. The maximum Gasteiger partial charge on any atom is 0.225 e. The fourth-order valence-corrected chi connectivity index (χ4v) is 2.28. The highest BCUT2D eigenvalue weighted by Crippen LogP contribution is 2.25. The average molecular weight is 240 g/mol. The third-order valence-electron chi connectivity index (χ3n) is 3.25. The molecule has 1 aromatic carbocycles. The standard InChI is InChI=1S/C14H16N4/c15-6-5-11-7-16-14(17-8-11)18-9-12-3-1-2-4-13(12)10-18/h1-4,7-8H,5-6,9-10,15H2. The molecule has 4 nitrogen and oxygen atoms in total. The van der Waals surface area contributed by atoms with Crippen LogP contribution in [0, 0.1) is 0 Å². The van der Waals surface area contributed by atoms with Crippen LogP contribution in [0.25, 0.3) is 0 Å². The van der Waals surface area contributed by atoms with E-state index >= 15 is 0 Å². The summed E-state index contributed by atoms with van der Waals surface area (Å²) < 4.78 is 0. The fourth-order valence-electron chi connectivity index (χ4n) is 2.28. The highest BCUT2D eigenvalue weighted by molar-refractivity contribution is 5.43. The first-order valence-electron chi connectivity index (χ1n) is 6.19. The van der Waals surface area contributed by atoms with Crippen LogP contribution >= 0.6 is 0 Å². The van der Waals surface area contributed by atoms with Crippen LogP contribution in [-0.4, -0.2) is 16.5 Å². The molecular weight excluding hydrogens is 224 g/mol. The van der Waals surface area contributed by atoms with Gasteiger partial charge in [0.1, 0.15) is 0 Å². The molecule has 0 aliphatic carbocycles. The van der Waals surface area contributed by atoms with Crippen LogP contribution in [-0.2, 0) is 19.5 Å². The number of rotatable bonds is 3. The smallest absolute Gasteiger partial charge is 0.225 e. The number of benzene rings is 1. The number of fused-ring (bicyclic) bond motifs is 1. The zero-order valence-corrected chi connectivity index (χ0v) is 10.2. The molecule has 0 atom stereocenters. The molecule has 0 bridgehead atoms. The van der Waals surface area contributed by atoms with Crippen molar-refractivity contribution in [1.29, 1.82) is 0 Å². The van der Waals surface area contributed by atoms with Crippen LogP contribution < -0.4 is 10.6 Å². The molecule has 2 N–H and O–H groups in total. The zero-order chi connectivity index (χ0) is 12.4. The van der Waals surface area contributed by atoms with Crippen molar-refractivity contribution in [3.05, 3.63) is 53.3 Å². The summed E-state index contributed by atoms with van der Waals surface area (Å²) in [7, 11) is 0. The van der Waals surface area contributed by atoms with Gasteiger partial charge in [0.25, 0.3) is 0 Å². The Labute approximate surface area is 106 Å². The molecule has 1 aromatic heterocycles. The number of hydrogen-bond donors (Lipinski definition) is 1. The maximum atomic E-state index is 5.51. The van der Waals surface area contributed by atoms with Gasteiger partial charge in [0.15, 0.2) is 0 Å². The van der Waals surface area contributed by atoms with Crippen molar-refractivity contribution >= 4 is 5.95 Å². The van der Waals surface area contributed by atoms with Gasteiger partial charge in [-0.3, -0.25) is 0 Å². The topological polar surface area (TPSA) is 55.0 Å². The normalized spacial score (nSPS) is 13.7. The summed E-state index contributed by atoms with van der Waals surface area (Å²) in [5.74, 6) is 0.798. The Morgan fingerprint density at radius 1 is 1.06 bits per heavy atom. The maximum absolute atomic E-state index is 5.51. The number of hydrogen-bond acceptors (Lipinski definition) is 4. The van der Waals surface area contributed by atoms with E-state index in [9.17, 15) is 0 Å². The molecule has 0 fully saturated rings. The van der Waals surface area contributed by atoms with Crippen molar-refractivity contribution in [1.82, 2.24) is 9.97 Å². The predicted octanol–water partition coefficient (Wildman–Crippen LogP) is 1.50. The number of anilines is 1. The first-order valence-corrected chi connectivity index (χ1v) is 6.19. The monoisotopic (exact) mass is 240 g/mol. The molecule has 0 amide bonds. The van der Waals surface area contributed by atoms with Gasteiger partial charge < -0.3 is 10.6 Å². The van der Waals surface area contributed by atoms with E-state index in [0.29, 0.717) is 6.54 Å². The summed E-state index contributed by atoms with van der Waals surface area (Å²) in [6.07, 6.45) is 4.58. The Hall–Kier alpha value is -1.94. The Morgan fingerprint density at radius 2 is 1.67 bits per heavy atom. The highest BCUT2D eigenvalue weighted by Gasteiger charge is 2.20. The molecule has 4 heteroatoms. The second-order valence-corrected chi connectivity index (χ2v) is 4.55. The molecule has 0 spiro atoms. The second-order valence-electron chi connectivity index (χ2n) is 4.55. The largest absolute Gasteiger partial charge is 0.332 e. The Balaban J connectivity index is 1.78. The van der Waals surface area contributed by atoms with Gasteiger partial charge in [0, 0.05) is 25.5 Å². The van der Waals surface area contributed by atoms with Gasteiger partial charge in [-0.2, -0.15) is 0 Å². The predicted molar refractivity (Wildman–Crippen MR) is 71.1 cm³/mol. The van der Waals surface area contributed by atoms with Crippen molar-refractivity contribution in [2.24, 2.45) is 5.73 Å². The summed E-state index contributed by atoms with van der Waals surface area (Å²) in [4.78, 5) is 11.0. The highest BCUT2D eigenvalue weighted by atomic mass is 15.3. The Morgan fingerprint density at radius 3 is 2.22 bits per heavy atom. The summed E-state index contributed by atoms with van der Waals surface area (Å²) in [6, 6.07) is 8.48. The first kappa shape index (κ1) is 11.2. The molecule has 0 radical (unpaired) electrons. The lowest BCUT2D eigenvalue weighted by Crippen LogP contribution is -2.17. The summed E-state index contributed by atoms with van der Waals surface area (Å²) >= 11 is 0. The molecule has 2 heterocycles. The van der Waals surface area contributed by atoms with Crippen molar-refractivity contribution in [2.75, 3.05) is 11.4 Å². The molecular formula is C14H16N4. The number of nitrogens with zero attached hydrogens (tertiary/aromatic N) is 3. The molecule has 1 aliphatic heterocycles. The third kappa shape index (κ3) is 2.07. The van der Waals surface area contributed by atoms with E-state index in [1.54, 1.807) is 0 Å².